The second-order valence-corrected chi connectivity index (χ2v) is 6.56. The number of carbonyl (C=O) groups is 1. The summed E-state index contributed by atoms with van der Waals surface area (Å²) in [5, 5.41) is 14.9. The highest BCUT2D eigenvalue weighted by Crippen LogP contribution is 2.35. The molecule has 0 unspecified atom stereocenters. The van der Waals surface area contributed by atoms with Crippen molar-refractivity contribution < 1.29 is 14.6 Å². The van der Waals surface area contributed by atoms with Crippen LogP contribution in [0.2, 0.25) is 5.02 Å². The molecule has 2 fully saturated rings. The van der Waals surface area contributed by atoms with E-state index in [9.17, 15) is 9.90 Å². The fourth-order valence-corrected chi connectivity index (χ4v) is 3.51. The minimum atomic E-state index is -0.426. The average Bonchev–Trinajstić information content (AvgIpc) is 2.94. The maximum absolute atomic E-state index is 12.3. The van der Waals surface area contributed by atoms with E-state index >= 15 is 0 Å². The number of nitrogens with zero attached hydrogens (tertiary/aromatic N) is 3. The van der Waals surface area contributed by atoms with Crippen LogP contribution in [0, 0.1) is 0 Å². The predicted octanol–water partition coefficient (Wildman–Crippen LogP) is 1.46. The number of ether oxygens (including phenoxy) is 1. The van der Waals surface area contributed by atoms with E-state index in [1.807, 2.05) is 4.90 Å². The lowest BCUT2D eigenvalue weighted by atomic mass is 9.82. The zero-order valence-corrected chi connectivity index (χ0v) is 13.3. The number of rotatable bonds is 3. The molecule has 2 saturated heterocycles. The maximum atomic E-state index is 12.3. The third-order valence-corrected chi connectivity index (χ3v) is 4.93. The van der Waals surface area contributed by atoms with E-state index in [1.165, 1.54) is 0 Å². The molecule has 122 valence electrons. The minimum Gasteiger partial charge on any atom is -0.390 e. The number of hydrogen-bond donors (Lipinski definition) is 1. The van der Waals surface area contributed by atoms with Crippen LogP contribution < -0.4 is 0 Å². The number of aliphatic hydroxyl groups is 1. The van der Waals surface area contributed by atoms with Crippen molar-refractivity contribution in [1.29, 1.82) is 0 Å². The molecule has 2 aliphatic heterocycles. The SMILES string of the molecule is O=C(CCn1cc(Cl)cn1)N1CCC2(CC1)OCCC[C@H]2O. The van der Waals surface area contributed by atoms with E-state index in [-0.39, 0.29) is 5.91 Å². The summed E-state index contributed by atoms with van der Waals surface area (Å²) in [5.41, 5.74) is -0.426. The van der Waals surface area contributed by atoms with Crippen molar-refractivity contribution in [3.8, 4) is 0 Å². The molecule has 1 spiro atoms. The van der Waals surface area contributed by atoms with Gasteiger partial charge in [0.25, 0.3) is 0 Å². The molecule has 0 aliphatic carbocycles. The van der Waals surface area contributed by atoms with E-state index in [1.54, 1.807) is 17.1 Å². The van der Waals surface area contributed by atoms with E-state index < -0.39 is 11.7 Å². The Bertz CT molecular complexity index is 526. The van der Waals surface area contributed by atoms with Crippen LogP contribution in [0.15, 0.2) is 12.4 Å². The van der Waals surface area contributed by atoms with Crippen molar-refractivity contribution in [1.82, 2.24) is 14.7 Å². The Labute approximate surface area is 135 Å². The number of aromatic nitrogens is 2. The van der Waals surface area contributed by atoms with Crippen molar-refractivity contribution in [3.05, 3.63) is 17.4 Å². The lowest BCUT2D eigenvalue weighted by Crippen LogP contribution is -2.56. The van der Waals surface area contributed by atoms with Crippen LogP contribution in [0.4, 0.5) is 0 Å². The molecule has 1 amide bonds. The molecule has 1 atom stereocenters. The van der Waals surface area contributed by atoms with Gasteiger partial charge in [0.05, 0.1) is 22.9 Å². The highest BCUT2D eigenvalue weighted by atomic mass is 35.5. The average molecular weight is 328 g/mol. The first-order valence-electron chi connectivity index (χ1n) is 7.87. The van der Waals surface area contributed by atoms with Crippen molar-refractivity contribution in [2.75, 3.05) is 19.7 Å². The Morgan fingerprint density at radius 1 is 1.50 bits per heavy atom. The number of hydrogen-bond acceptors (Lipinski definition) is 4. The van der Waals surface area contributed by atoms with Gasteiger partial charge in [-0.1, -0.05) is 11.6 Å². The second-order valence-electron chi connectivity index (χ2n) is 6.12. The second kappa shape index (κ2) is 6.56. The monoisotopic (exact) mass is 327 g/mol. The summed E-state index contributed by atoms with van der Waals surface area (Å²) in [7, 11) is 0. The van der Waals surface area contributed by atoms with Crippen LogP contribution in [0.3, 0.4) is 0 Å². The molecule has 1 aromatic rings. The van der Waals surface area contributed by atoms with Crippen LogP contribution in [0.25, 0.3) is 0 Å². The third kappa shape index (κ3) is 3.29. The highest BCUT2D eigenvalue weighted by Gasteiger charge is 2.44. The maximum Gasteiger partial charge on any atom is 0.224 e. The molecule has 1 aromatic heterocycles. The van der Waals surface area contributed by atoms with E-state index in [0.717, 1.165) is 12.8 Å². The molecule has 6 nitrogen and oxygen atoms in total. The van der Waals surface area contributed by atoms with Crippen LogP contribution in [-0.4, -0.2) is 57.1 Å². The topological polar surface area (TPSA) is 67.6 Å². The standard InChI is InChI=1S/C15H22ClN3O3/c16-12-10-17-19(11-12)6-3-14(21)18-7-4-15(5-8-18)13(20)2-1-9-22-15/h10-11,13,20H,1-9H2/t13-/m1/s1. The molecule has 0 saturated carbocycles. The van der Waals surface area contributed by atoms with Gasteiger partial charge in [0.1, 0.15) is 0 Å². The summed E-state index contributed by atoms with van der Waals surface area (Å²) in [4.78, 5) is 14.1. The molecule has 1 N–H and O–H groups in total. The summed E-state index contributed by atoms with van der Waals surface area (Å²) in [5.74, 6) is 0.117. The highest BCUT2D eigenvalue weighted by molar-refractivity contribution is 6.30. The van der Waals surface area contributed by atoms with Crippen LogP contribution in [0.5, 0.6) is 0 Å². The largest absolute Gasteiger partial charge is 0.390 e. The van der Waals surface area contributed by atoms with Crippen molar-refractivity contribution in [2.45, 2.75) is 50.4 Å². The van der Waals surface area contributed by atoms with Gasteiger partial charge < -0.3 is 14.7 Å². The van der Waals surface area contributed by atoms with Gasteiger partial charge in [0.2, 0.25) is 5.91 Å². The number of likely N-dealkylation sites (tertiary alicyclic amines) is 1. The van der Waals surface area contributed by atoms with Crippen LogP contribution in [0.1, 0.15) is 32.1 Å². The summed E-state index contributed by atoms with van der Waals surface area (Å²) >= 11 is 5.80. The van der Waals surface area contributed by atoms with Gasteiger partial charge in [0.15, 0.2) is 0 Å². The molecule has 2 aliphatic rings. The minimum absolute atomic E-state index is 0.117. The van der Waals surface area contributed by atoms with E-state index in [0.29, 0.717) is 50.5 Å². The molecule has 3 rings (SSSR count). The summed E-state index contributed by atoms with van der Waals surface area (Å²) in [6, 6.07) is 0. The van der Waals surface area contributed by atoms with Gasteiger partial charge in [-0.15, -0.1) is 0 Å². The number of aliphatic hydroxyl groups excluding tert-OH is 1. The normalized spacial score (nSPS) is 24.6. The summed E-state index contributed by atoms with van der Waals surface area (Å²) in [6.07, 6.45) is 6.44. The smallest absolute Gasteiger partial charge is 0.224 e. The van der Waals surface area contributed by atoms with Gasteiger partial charge in [-0.05, 0) is 25.7 Å². The fourth-order valence-electron chi connectivity index (χ4n) is 3.35. The van der Waals surface area contributed by atoms with Crippen molar-refractivity contribution >= 4 is 17.5 Å². The van der Waals surface area contributed by atoms with E-state index in [4.69, 9.17) is 16.3 Å². The zero-order valence-electron chi connectivity index (χ0n) is 12.6. The van der Waals surface area contributed by atoms with Crippen molar-refractivity contribution in [2.24, 2.45) is 0 Å². The molecule has 22 heavy (non-hydrogen) atoms. The van der Waals surface area contributed by atoms with Gasteiger partial charge in [-0.2, -0.15) is 5.10 Å². The molecule has 3 heterocycles. The van der Waals surface area contributed by atoms with Gasteiger partial charge >= 0.3 is 0 Å². The van der Waals surface area contributed by atoms with Crippen LogP contribution in [-0.2, 0) is 16.1 Å². The molecular weight excluding hydrogens is 306 g/mol. The molecule has 0 bridgehead atoms. The Morgan fingerprint density at radius 2 is 2.27 bits per heavy atom. The van der Waals surface area contributed by atoms with E-state index in [2.05, 4.69) is 5.10 Å². The Hall–Kier alpha value is -1.11. The quantitative estimate of drug-likeness (QED) is 0.912. The number of halogens is 1. The van der Waals surface area contributed by atoms with Crippen LogP contribution >= 0.6 is 11.6 Å². The fraction of sp³-hybridized carbons (Fsp3) is 0.733. The summed E-state index contributed by atoms with van der Waals surface area (Å²) < 4.78 is 7.54. The Kier molecular flexibility index (Phi) is 4.70. The lowest BCUT2D eigenvalue weighted by Gasteiger charge is -2.46. The number of amides is 1. The van der Waals surface area contributed by atoms with Gasteiger partial charge in [-0.25, -0.2) is 0 Å². The molecule has 0 radical (unpaired) electrons. The predicted molar refractivity (Wildman–Crippen MR) is 81.6 cm³/mol. The number of carbonyl (C=O) groups excluding carboxylic acids is 1. The van der Waals surface area contributed by atoms with Gasteiger partial charge in [-0.3, -0.25) is 9.48 Å². The van der Waals surface area contributed by atoms with Gasteiger partial charge in [0, 0.05) is 38.9 Å². The first-order valence-corrected chi connectivity index (χ1v) is 8.25. The Balaban J connectivity index is 1.49. The summed E-state index contributed by atoms with van der Waals surface area (Å²) in [6.45, 7) is 2.54. The van der Waals surface area contributed by atoms with Crippen molar-refractivity contribution in [3.63, 3.8) is 0 Å². The Morgan fingerprint density at radius 3 is 2.91 bits per heavy atom. The first kappa shape index (κ1) is 15.8. The first-order chi connectivity index (χ1) is 10.6. The number of piperidine rings is 1. The molecule has 0 aromatic carbocycles. The number of aryl methyl sites for hydroxylation is 1. The molecular formula is C15H22ClN3O3. The molecule has 7 heteroatoms. The lowest BCUT2D eigenvalue weighted by molar-refractivity contribution is -0.179. The zero-order chi connectivity index (χ0) is 15.6. The third-order valence-electron chi connectivity index (χ3n) is 4.74.